The summed E-state index contributed by atoms with van der Waals surface area (Å²) in [4.78, 5) is 14.9. The van der Waals surface area contributed by atoms with Gasteiger partial charge in [0.1, 0.15) is 0 Å². The van der Waals surface area contributed by atoms with E-state index < -0.39 is 0 Å². The van der Waals surface area contributed by atoms with Crippen molar-refractivity contribution in [3.05, 3.63) is 53.6 Å². The Morgan fingerprint density at radius 2 is 1.79 bits per heavy atom. The number of hydrogen-bond acceptors (Lipinski definition) is 4. The van der Waals surface area contributed by atoms with Gasteiger partial charge in [0.05, 0.1) is 14.2 Å². The molecule has 150 valence electrons. The first-order valence-corrected chi connectivity index (χ1v) is 9.89. The number of methoxy groups -OCH3 is 2. The predicted molar refractivity (Wildman–Crippen MR) is 113 cm³/mol. The summed E-state index contributed by atoms with van der Waals surface area (Å²) in [5, 5.41) is 3.59. The number of nitrogens with one attached hydrogen (secondary N) is 1. The van der Waals surface area contributed by atoms with Crippen LogP contribution < -0.4 is 14.8 Å². The van der Waals surface area contributed by atoms with Crippen LogP contribution in [0, 0.1) is 0 Å². The molecule has 0 aromatic heterocycles. The molecule has 1 atom stereocenters. The van der Waals surface area contributed by atoms with Crippen LogP contribution in [-0.4, -0.2) is 44.2 Å². The van der Waals surface area contributed by atoms with Crippen LogP contribution >= 0.6 is 0 Å². The Kier molecular flexibility index (Phi) is 6.45. The van der Waals surface area contributed by atoms with Crippen LogP contribution in [0.1, 0.15) is 48.5 Å². The Bertz CT molecular complexity index is 802. The van der Waals surface area contributed by atoms with Crippen molar-refractivity contribution in [3.8, 4) is 11.5 Å². The molecule has 1 fully saturated rings. The van der Waals surface area contributed by atoms with E-state index in [1.54, 1.807) is 32.4 Å². The van der Waals surface area contributed by atoms with Crippen LogP contribution in [0.3, 0.4) is 0 Å². The van der Waals surface area contributed by atoms with Gasteiger partial charge < -0.3 is 19.7 Å². The molecule has 2 aromatic rings. The predicted octanol–water partition coefficient (Wildman–Crippen LogP) is 4.54. The Morgan fingerprint density at radius 1 is 1.07 bits per heavy atom. The molecule has 5 nitrogen and oxygen atoms in total. The van der Waals surface area contributed by atoms with Crippen LogP contribution in [0.4, 0.5) is 5.69 Å². The summed E-state index contributed by atoms with van der Waals surface area (Å²) in [7, 11) is 3.17. The highest BCUT2D eigenvalue weighted by molar-refractivity contribution is 5.95. The van der Waals surface area contributed by atoms with E-state index in [4.69, 9.17) is 9.47 Å². The lowest BCUT2D eigenvalue weighted by Gasteiger charge is -2.34. The third kappa shape index (κ3) is 4.58. The minimum absolute atomic E-state index is 0.0302. The van der Waals surface area contributed by atoms with Crippen LogP contribution in [0.2, 0.25) is 0 Å². The van der Waals surface area contributed by atoms with E-state index >= 15 is 0 Å². The van der Waals surface area contributed by atoms with Crippen LogP contribution in [-0.2, 0) is 0 Å². The second-order valence-corrected chi connectivity index (χ2v) is 7.58. The van der Waals surface area contributed by atoms with Gasteiger partial charge in [0.25, 0.3) is 5.91 Å². The number of carbonyl (C=O) groups is 1. The molecular formula is C23H30N2O3. The molecule has 1 N–H and O–H groups in total. The summed E-state index contributed by atoms with van der Waals surface area (Å²) in [6.07, 6.45) is 2.04. The highest BCUT2D eigenvalue weighted by Crippen LogP contribution is 2.28. The molecule has 0 aliphatic carbocycles. The van der Waals surface area contributed by atoms with Gasteiger partial charge in [-0.1, -0.05) is 26.0 Å². The second-order valence-electron chi connectivity index (χ2n) is 7.58. The van der Waals surface area contributed by atoms with Crippen molar-refractivity contribution in [3.63, 3.8) is 0 Å². The van der Waals surface area contributed by atoms with Crippen molar-refractivity contribution < 1.29 is 14.3 Å². The fourth-order valence-corrected chi connectivity index (χ4v) is 3.63. The van der Waals surface area contributed by atoms with Crippen molar-refractivity contribution in [2.24, 2.45) is 0 Å². The van der Waals surface area contributed by atoms with Crippen molar-refractivity contribution in [1.82, 2.24) is 4.90 Å². The van der Waals surface area contributed by atoms with Gasteiger partial charge >= 0.3 is 0 Å². The highest BCUT2D eigenvalue weighted by Gasteiger charge is 2.25. The van der Waals surface area contributed by atoms with Gasteiger partial charge in [-0.05, 0) is 54.7 Å². The lowest BCUT2D eigenvalue weighted by molar-refractivity contribution is 0.0714. The molecule has 1 amide bonds. The third-order valence-electron chi connectivity index (χ3n) is 5.29. The third-order valence-corrected chi connectivity index (χ3v) is 5.29. The Hall–Kier alpha value is -2.69. The van der Waals surface area contributed by atoms with Crippen molar-refractivity contribution >= 4 is 11.6 Å². The summed E-state index contributed by atoms with van der Waals surface area (Å²) in [5.74, 6) is 1.76. The molecule has 28 heavy (non-hydrogen) atoms. The average Bonchev–Trinajstić information content (AvgIpc) is 2.73. The molecular weight excluding hydrogens is 352 g/mol. The number of carbonyl (C=O) groups excluding carboxylic acids is 1. The van der Waals surface area contributed by atoms with E-state index in [-0.39, 0.29) is 11.9 Å². The molecule has 0 saturated carbocycles. The van der Waals surface area contributed by atoms with Crippen molar-refractivity contribution in [1.29, 1.82) is 0 Å². The zero-order valence-electron chi connectivity index (χ0n) is 17.2. The molecule has 3 rings (SSSR count). The summed E-state index contributed by atoms with van der Waals surface area (Å²) >= 11 is 0. The maximum Gasteiger partial charge on any atom is 0.254 e. The fourth-order valence-electron chi connectivity index (χ4n) is 3.63. The van der Waals surface area contributed by atoms with Gasteiger partial charge in [0.15, 0.2) is 11.5 Å². The van der Waals surface area contributed by atoms with E-state index in [1.807, 2.05) is 4.90 Å². The molecule has 1 saturated heterocycles. The number of benzene rings is 2. The SMILES string of the molecule is COc1ccc(C(=O)N2CCC[C@H](Nc3ccc(C(C)C)cc3)C2)cc1OC. The lowest BCUT2D eigenvalue weighted by Crippen LogP contribution is -2.45. The zero-order valence-corrected chi connectivity index (χ0v) is 17.2. The van der Waals surface area contributed by atoms with Crippen LogP contribution in [0.25, 0.3) is 0 Å². The molecule has 1 aliphatic rings. The van der Waals surface area contributed by atoms with E-state index in [2.05, 4.69) is 43.4 Å². The Morgan fingerprint density at radius 3 is 2.43 bits per heavy atom. The molecule has 0 spiro atoms. The summed E-state index contributed by atoms with van der Waals surface area (Å²) in [6, 6.07) is 14.2. The number of nitrogens with zero attached hydrogens (tertiary/aromatic N) is 1. The second kappa shape index (κ2) is 9.00. The molecule has 0 bridgehead atoms. The van der Waals surface area contributed by atoms with Crippen molar-refractivity contribution in [2.45, 2.75) is 38.6 Å². The molecule has 2 aromatic carbocycles. The Balaban J connectivity index is 1.66. The van der Waals surface area contributed by atoms with Crippen LogP contribution in [0.15, 0.2) is 42.5 Å². The number of amides is 1. The van der Waals surface area contributed by atoms with Gasteiger partial charge in [0.2, 0.25) is 0 Å². The standard InChI is InChI=1S/C23H30N2O3/c1-16(2)17-7-10-19(11-8-17)24-20-6-5-13-25(15-20)23(26)18-9-12-21(27-3)22(14-18)28-4/h7-12,14,16,20,24H,5-6,13,15H2,1-4H3/t20-/m0/s1. The fraction of sp³-hybridized carbons (Fsp3) is 0.435. The number of likely N-dealkylation sites (tertiary alicyclic amines) is 1. The first kappa shape index (κ1) is 20.1. The van der Waals surface area contributed by atoms with Gasteiger partial charge in [-0.3, -0.25) is 4.79 Å². The molecule has 0 unspecified atom stereocenters. The maximum absolute atomic E-state index is 13.0. The Labute approximate surface area is 167 Å². The van der Waals surface area contributed by atoms with Gasteiger partial charge in [-0.2, -0.15) is 0 Å². The topological polar surface area (TPSA) is 50.8 Å². The summed E-state index contributed by atoms with van der Waals surface area (Å²) < 4.78 is 10.6. The number of anilines is 1. The number of piperidine rings is 1. The van der Waals surface area contributed by atoms with Crippen molar-refractivity contribution in [2.75, 3.05) is 32.6 Å². The highest BCUT2D eigenvalue weighted by atomic mass is 16.5. The number of rotatable bonds is 6. The quantitative estimate of drug-likeness (QED) is 0.797. The monoisotopic (exact) mass is 382 g/mol. The van der Waals surface area contributed by atoms with E-state index in [0.29, 0.717) is 29.5 Å². The van der Waals surface area contributed by atoms with Gasteiger partial charge in [0, 0.05) is 30.4 Å². The minimum Gasteiger partial charge on any atom is -0.493 e. The first-order valence-electron chi connectivity index (χ1n) is 9.89. The summed E-state index contributed by atoms with van der Waals surface area (Å²) in [5.41, 5.74) is 3.06. The average molecular weight is 383 g/mol. The first-order chi connectivity index (χ1) is 13.5. The molecule has 5 heteroatoms. The normalized spacial score (nSPS) is 16.8. The maximum atomic E-state index is 13.0. The summed E-state index contributed by atoms with van der Waals surface area (Å²) in [6.45, 7) is 5.86. The van der Waals surface area contributed by atoms with E-state index in [9.17, 15) is 4.79 Å². The molecule has 1 aliphatic heterocycles. The van der Waals surface area contributed by atoms with E-state index in [0.717, 1.165) is 25.1 Å². The van der Waals surface area contributed by atoms with Gasteiger partial charge in [-0.25, -0.2) is 0 Å². The van der Waals surface area contributed by atoms with Gasteiger partial charge in [-0.15, -0.1) is 0 Å². The molecule has 0 radical (unpaired) electrons. The minimum atomic E-state index is 0.0302. The van der Waals surface area contributed by atoms with E-state index in [1.165, 1.54) is 5.56 Å². The van der Waals surface area contributed by atoms with Crippen LogP contribution in [0.5, 0.6) is 11.5 Å². The number of hydrogen-bond donors (Lipinski definition) is 1. The smallest absolute Gasteiger partial charge is 0.254 e. The lowest BCUT2D eigenvalue weighted by atomic mass is 10.0. The number of ether oxygens (including phenoxy) is 2. The molecule has 1 heterocycles. The largest absolute Gasteiger partial charge is 0.493 e. The zero-order chi connectivity index (χ0) is 20.1.